The van der Waals surface area contributed by atoms with E-state index in [1.165, 1.54) is 6.07 Å². The van der Waals surface area contributed by atoms with E-state index in [0.29, 0.717) is 11.4 Å². The van der Waals surface area contributed by atoms with Crippen molar-refractivity contribution in [2.75, 3.05) is 0 Å². The van der Waals surface area contributed by atoms with E-state index in [9.17, 15) is 13.2 Å². The van der Waals surface area contributed by atoms with Crippen LogP contribution in [0.15, 0.2) is 28.8 Å². The van der Waals surface area contributed by atoms with E-state index in [2.05, 4.69) is 10.1 Å². The molecule has 0 spiro atoms. The number of nitrogens with zero attached hydrogens (tertiary/aromatic N) is 2. The molecule has 1 heterocycles. The van der Waals surface area contributed by atoms with E-state index in [0.717, 1.165) is 12.1 Å². The van der Waals surface area contributed by atoms with Crippen LogP contribution >= 0.6 is 0 Å². The highest BCUT2D eigenvalue weighted by Crippen LogP contribution is 2.29. The van der Waals surface area contributed by atoms with Gasteiger partial charge in [-0.05, 0) is 18.6 Å². The van der Waals surface area contributed by atoms with Gasteiger partial charge < -0.3 is 10.3 Å². The minimum atomic E-state index is -4.36. The standard InChI is InChI=1S/C12H12F3N3O/c1-7(16)11-17-10(18-19-11)6-8-3-2-4-9(5-8)12(13,14)15/h2-5,7H,6,16H2,1H3/t7-/m0/s1. The van der Waals surface area contributed by atoms with Gasteiger partial charge in [-0.2, -0.15) is 18.2 Å². The first-order chi connectivity index (χ1) is 8.86. The topological polar surface area (TPSA) is 64.9 Å². The zero-order chi connectivity index (χ0) is 14.0. The first kappa shape index (κ1) is 13.5. The fourth-order valence-electron chi connectivity index (χ4n) is 1.56. The van der Waals surface area contributed by atoms with Gasteiger partial charge in [-0.25, -0.2) is 0 Å². The number of halogens is 3. The van der Waals surface area contributed by atoms with E-state index in [1.54, 1.807) is 13.0 Å². The lowest BCUT2D eigenvalue weighted by atomic mass is 10.1. The van der Waals surface area contributed by atoms with Gasteiger partial charge in [-0.1, -0.05) is 23.4 Å². The van der Waals surface area contributed by atoms with Crippen LogP contribution in [-0.4, -0.2) is 10.1 Å². The Kier molecular flexibility index (Phi) is 3.57. The summed E-state index contributed by atoms with van der Waals surface area (Å²) in [6.07, 6.45) is -4.19. The summed E-state index contributed by atoms with van der Waals surface area (Å²) in [5.41, 5.74) is 5.33. The summed E-state index contributed by atoms with van der Waals surface area (Å²) in [5.74, 6) is 0.577. The molecule has 4 nitrogen and oxygen atoms in total. The van der Waals surface area contributed by atoms with E-state index in [4.69, 9.17) is 10.3 Å². The Balaban J connectivity index is 2.19. The molecule has 0 fully saturated rings. The van der Waals surface area contributed by atoms with E-state index < -0.39 is 17.8 Å². The first-order valence-electron chi connectivity index (χ1n) is 5.60. The SMILES string of the molecule is C[C@H](N)c1nc(Cc2cccc(C(F)(F)F)c2)no1. The average Bonchev–Trinajstić information content (AvgIpc) is 2.77. The number of aromatic nitrogens is 2. The third kappa shape index (κ3) is 3.31. The molecule has 2 aromatic rings. The van der Waals surface area contributed by atoms with Crippen LogP contribution in [0.4, 0.5) is 13.2 Å². The molecule has 19 heavy (non-hydrogen) atoms. The molecule has 0 bridgehead atoms. The van der Waals surface area contributed by atoms with Crippen molar-refractivity contribution in [3.05, 3.63) is 47.1 Å². The molecule has 1 atom stereocenters. The summed E-state index contributed by atoms with van der Waals surface area (Å²) in [6, 6.07) is 4.62. The second-order valence-electron chi connectivity index (χ2n) is 4.21. The monoisotopic (exact) mass is 271 g/mol. The molecule has 0 amide bonds. The fraction of sp³-hybridized carbons (Fsp3) is 0.333. The van der Waals surface area contributed by atoms with E-state index in [1.807, 2.05) is 0 Å². The molecular formula is C12H12F3N3O. The van der Waals surface area contributed by atoms with Crippen LogP contribution in [0.5, 0.6) is 0 Å². The maximum Gasteiger partial charge on any atom is 0.416 e. The minimum Gasteiger partial charge on any atom is -0.338 e. The van der Waals surface area contributed by atoms with Gasteiger partial charge in [-0.15, -0.1) is 0 Å². The number of nitrogens with two attached hydrogens (primary N) is 1. The molecule has 102 valence electrons. The molecule has 0 aliphatic heterocycles. The van der Waals surface area contributed by atoms with Crippen molar-refractivity contribution in [3.8, 4) is 0 Å². The second kappa shape index (κ2) is 5.00. The Morgan fingerprint density at radius 1 is 1.37 bits per heavy atom. The maximum atomic E-state index is 12.6. The van der Waals surface area contributed by atoms with Crippen molar-refractivity contribution >= 4 is 0 Å². The lowest BCUT2D eigenvalue weighted by Crippen LogP contribution is -2.06. The van der Waals surface area contributed by atoms with Crippen molar-refractivity contribution in [1.29, 1.82) is 0 Å². The summed E-state index contributed by atoms with van der Waals surface area (Å²) >= 11 is 0. The lowest BCUT2D eigenvalue weighted by Gasteiger charge is -2.07. The van der Waals surface area contributed by atoms with Crippen LogP contribution in [0.3, 0.4) is 0 Å². The van der Waals surface area contributed by atoms with Gasteiger partial charge in [0.1, 0.15) is 0 Å². The van der Waals surface area contributed by atoms with Crippen LogP contribution in [-0.2, 0) is 12.6 Å². The smallest absolute Gasteiger partial charge is 0.338 e. The molecule has 0 saturated carbocycles. The number of hydrogen-bond donors (Lipinski definition) is 1. The predicted molar refractivity (Wildman–Crippen MR) is 61.2 cm³/mol. The van der Waals surface area contributed by atoms with Crippen LogP contribution in [0.1, 0.15) is 35.8 Å². The minimum absolute atomic E-state index is 0.167. The highest BCUT2D eigenvalue weighted by atomic mass is 19.4. The molecule has 1 aromatic carbocycles. The normalized spacial score (nSPS) is 13.5. The maximum absolute atomic E-state index is 12.6. The number of rotatable bonds is 3. The van der Waals surface area contributed by atoms with Gasteiger partial charge in [0, 0.05) is 6.42 Å². The Bertz CT molecular complexity index is 563. The number of benzene rings is 1. The lowest BCUT2D eigenvalue weighted by molar-refractivity contribution is -0.137. The molecular weight excluding hydrogens is 259 g/mol. The summed E-state index contributed by atoms with van der Waals surface area (Å²) < 4.78 is 42.5. The molecule has 0 saturated heterocycles. The average molecular weight is 271 g/mol. The second-order valence-corrected chi connectivity index (χ2v) is 4.21. The van der Waals surface area contributed by atoms with Crippen molar-refractivity contribution in [1.82, 2.24) is 10.1 Å². The highest BCUT2D eigenvalue weighted by Gasteiger charge is 2.30. The van der Waals surface area contributed by atoms with E-state index >= 15 is 0 Å². The van der Waals surface area contributed by atoms with Crippen molar-refractivity contribution < 1.29 is 17.7 Å². The van der Waals surface area contributed by atoms with Gasteiger partial charge in [0.05, 0.1) is 11.6 Å². The predicted octanol–water partition coefficient (Wildman–Crippen LogP) is 2.70. The third-order valence-corrected chi connectivity index (χ3v) is 2.49. The molecule has 2 rings (SSSR count). The summed E-state index contributed by atoms with van der Waals surface area (Å²) in [4.78, 5) is 4.01. The van der Waals surface area contributed by atoms with Crippen LogP contribution in [0, 0.1) is 0 Å². The first-order valence-corrected chi connectivity index (χ1v) is 5.60. The number of hydrogen-bond acceptors (Lipinski definition) is 4. The van der Waals surface area contributed by atoms with Crippen molar-refractivity contribution in [3.63, 3.8) is 0 Å². The quantitative estimate of drug-likeness (QED) is 0.932. The van der Waals surface area contributed by atoms with Gasteiger partial charge in [0.2, 0.25) is 5.89 Å². The number of alkyl halides is 3. The Morgan fingerprint density at radius 2 is 2.11 bits per heavy atom. The zero-order valence-electron chi connectivity index (χ0n) is 10.1. The van der Waals surface area contributed by atoms with Gasteiger partial charge in [-0.3, -0.25) is 0 Å². The summed E-state index contributed by atoms with van der Waals surface area (Å²) in [6.45, 7) is 1.68. The van der Waals surface area contributed by atoms with Gasteiger partial charge in [0.25, 0.3) is 0 Å². The van der Waals surface area contributed by atoms with Crippen molar-refractivity contribution in [2.24, 2.45) is 5.73 Å². The third-order valence-electron chi connectivity index (χ3n) is 2.49. The molecule has 1 aromatic heterocycles. The Hall–Kier alpha value is -1.89. The molecule has 0 aliphatic carbocycles. The van der Waals surface area contributed by atoms with Crippen molar-refractivity contribution in [2.45, 2.75) is 25.6 Å². The Labute approximate surface area is 107 Å². The molecule has 0 radical (unpaired) electrons. The van der Waals surface area contributed by atoms with Crippen LogP contribution < -0.4 is 5.73 Å². The molecule has 0 aliphatic rings. The summed E-state index contributed by atoms with van der Waals surface area (Å²) in [7, 11) is 0. The van der Waals surface area contributed by atoms with Gasteiger partial charge in [0.15, 0.2) is 5.82 Å². The largest absolute Gasteiger partial charge is 0.416 e. The molecule has 2 N–H and O–H groups in total. The zero-order valence-corrected chi connectivity index (χ0v) is 10.1. The van der Waals surface area contributed by atoms with E-state index in [-0.39, 0.29) is 12.3 Å². The fourth-order valence-corrected chi connectivity index (χ4v) is 1.56. The van der Waals surface area contributed by atoms with Crippen LogP contribution in [0.25, 0.3) is 0 Å². The molecule has 0 unspecified atom stereocenters. The summed E-state index contributed by atoms with van der Waals surface area (Å²) in [5, 5.41) is 3.68. The van der Waals surface area contributed by atoms with Gasteiger partial charge >= 0.3 is 6.18 Å². The Morgan fingerprint density at radius 3 is 2.68 bits per heavy atom. The highest BCUT2D eigenvalue weighted by molar-refractivity contribution is 5.27. The van der Waals surface area contributed by atoms with Crippen LogP contribution in [0.2, 0.25) is 0 Å². The molecule has 7 heteroatoms.